The largest absolute Gasteiger partial charge is 0.381 e. The predicted octanol–water partition coefficient (Wildman–Crippen LogP) is 3.85. The molecule has 0 spiro atoms. The van der Waals surface area contributed by atoms with Crippen LogP contribution in [0.4, 0.5) is 0 Å². The van der Waals surface area contributed by atoms with E-state index < -0.39 is 0 Å². The minimum absolute atomic E-state index is 0.340. The lowest BCUT2D eigenvalue weighted by atomic mass is 9.84. The Morgan fingerprint density at radius 1 is 1.18 bits per heavy atom. The molecule has 17 heavy (non-hydrogen) atoms. The van der Waals surface area contributed by atoms with Crippen molar-refractivity contribution in [2.24, 2.45) is 11.3 Å². The van der Waals surface area contributed by atoms with Crippen LogP contribution in [0.5, 0.6) is 0 Å². The molecule has 0 radical (unpaired) electrons. The van der Waals surface area contributed by atoms with E-state index in [0.29, 0.717) is 17.4 Å². The maximum Gasteiger partial charge on any atom is 0.0488 e. The fourth-order valence-corrected chi connectivity index (χ4v) is 1.87. The van der Waals surface area contributed by atoms with Crippen LogP contribution in [0.15, 0.2) is 0 Å². The fraction of sp³-hybridized carbons (Fsp3) is 1.00. The van der Waals surface area contributed by atoms with Crippen molar-refractivity contribution < 1.29 is 4.74 Å². The first kappa shape index (κ1) is 16.9. The van der Waals surface area contributed by atoms with Gasteiger partial charge < -0.3 is 10.1 Å². The summed E-state index contributed by atoms with van der Waals surface area (Å²) in [7, 11) is 0. The second kappa shape index (κ2) is 8.93. The first-order chi connectivity index (χ1) is 7.88. The smallest absolute Gasteiger partial charge is 0.0488 e. The van der Waals surface area contributed by atoms with Gasteiger partial charge in [-0.3, -0.25) is 0 Å². The maximum atomic E-state index is 5.63. The quantitative estimate of drug-likeness (QED) is 0.621. The number of hydrogen-bond acceptors (Lipinski definition) is 2. The Kier molecular flexibility index (Phi) is 8.89. The Bertz CT molecular complexity index is 172. The minimum Gasteiger partial charge on any atom is -0.381 e. The first-order valence-corrected chi connectivity index (χ1v) is 7.19. The van der Waals surface area contributed by atoms with Crippen LogP contribution in [-0.2, 0) is 4.74 Å². The van der Waals surface area contributed by atoms with Crippen LogP contribution in [0.3, 0.4) is 0 Å². The lowest BCUT2D eigenvalue weighted by Gasteiger charge is -2.31. The van der Waals surface area contributed by atoms with E-state index in [-0.39, 0.29) is 0 Å². The van der Waals surface area contributed by atoms with Crippen LogP contribution in [0, 0.1) is 11.3 Å². The van der Waals surface area contributed by atoms with Gasteiger partial charge in [-0.1, -0.05) is 41.5 Å². The highest BCUT2D eigenvalue weighted by molar-refractivity contribution is 4.80. The molecule has 0 aromatic heterocycles. The number of nitrogens with one attached hydrogen (secondary N) is 1. The Labute approximate surface area is 109 Å². The summed E-state index contributed by atoms with van der Waals surface area (Å²) in [5, 5.41) is 3.65. The van der Waals surface area contributed by atoms with Crippen LogP contribution < -0.4 is 5.32 Å². The lowest BCUT2D eigenvalue weighted by Crippen LogP contribution is -2.40. The third-order valence-electron chi connectivity index (χ3n) is 2.92. The highest BCUT2D eigenvalue weighted by Crippen LogP contribution is 2.22. The van der Waals surface area contributed by atoms with Gasteiger partial charge in [0.2, 0.25) is 0 Å². The summed E-state index contributed by atoms with van der Waals surface area (Å²) in [5.74, 6) is 0.645. The van der Waals surface area contributed by atoms with Crippen molar-refractivity contribution in [1.29, 1.82) is 0 Å². The molecule has 0 saturated heterocycles. The average Bonchev–Trinajstić information content (AvgIpc) is 2.19. The summed E-state index contributed by atoms with van der Waals surface area (Å²) in [6.07, 6.45) is 3.57. The summed E-state index contributed by atoms with van der Waals surface area (Å²) < 4.78 is 5.63. The average molecular weight is 243 g/mol. The molecule has 0 aliphatic heterocycles. The van der Waals surface area contributed by atoms with Gasteiger partial charge in [-0.05, 0) is 37.1 Å². The lowest BCUT2D eigenvalue weighted by molar-refractivity contribution is 0.101. The van der Waals surface area contributed by atoms with Crippen molar-refractivity contribution >= 4 is 0 Å². The van der Waals surface area contributed by atoms with Gasteiger partial charge in [0, 0.05) is 19.3 Å². The molecule has 2 nitrogen and oxygen atoms in total. The van der Waals surface area contributed by atoms with E-state index in [2.05, 4.69) is 46.9 Å². The Morgan fingerprint density at radius 2 is 1.82 bits per heavy atom. The molecular weight excluding hydrogens is 210 g/mol. The molecular formula is C15H33NO. The molecule has 0 amide bonds. The van der Waals surface area contributed by atoms with Gasteiger partial charge >= 0.3 is 0 Å². The van der Waals surface area contributed by atoms with Crippen molar-refractivity contribution in [1.82, 2.24) is 5.32 Å². The zero-order valence-corrected chi connectivity index (χ0v) is 12.8. The zero-order valence-electron chi connectivity index (χ0n) is 12.8. The van der Waals surface area contributed by atoms with Crippen molar-refractivity contribution in [3.05, 3.63) is 0 Å². The highest BCUT2D eigenvalue weighted by Gasteiger charge is 2.23. The van der Waals surface area contributed by atoms with Crippen molar-refractivity contribution in [2.45, 2.75) is 66.8 Å². The normalized spacial score (nSPS) is 14.3. The standard InChI is InChI=1S/C15H33NO/c1-7-10-16-14(15(4,5)6)9-8-11-17-12-13(2)3/h13-14,16H,7-12H2,1-6H3. The third-order valence-corrected chi connectivity index (χ3v) is 2.92. The summed E-state index contributed by atoms with van der Waals surface area (Å²) in [4.78, 5) is 0. The van der Waals surface area contributed by atoms with E-state index in [0.717, 1.165) is 26.2 Å². The first-order valence-electron chi connectivity index (χ1n) is 7.19. The number of ether oxygens (including phenoxy) is 1. The number of hydrogen-bond donors (Lipinski definition) is 1. The Hall–Kier alpha value is -0.0800. The van der Waals surface area contributed by atoms with Gasteiger partial charge in [-0.15, -0.1) is 0 Å². The molecule has 0 fully saturated rings. The highest BCUT2D eigenvalue weighted by atomic mass is 16.5. The van der Waals surface area contributed by atoms with E-state index in [1.165, 1.54) is 12.8 Å². The van der Waals surface area contributed by atoms with Gasteiger partial charge in [-0.25, -0.2) is 0 Å². The van der Waals surface area contributed by atoms with Crippen LogP contribution in [0.1, 0.15) is 60.8 Å². The van der Waals surface area contributed by atoms with E-state index >= 15 is 0 Å². The molecule has 1 unspecified atom stereocenters. The molecule has 1 N–H and O–H groups in total. The maximum absolute atomic E-state index is 5.63. The summed E-state index contributed by atoms with van der Waals surface area (Å²) in [6, 6.07) is 0.602. The van der Waals surface area contributed by atoms with Crippen molar-refractivity contribution in [3.8, 4) is 0 Å². The number of rotatable bonds is 9. The molecule has 2 heteroatoms. The molecule has 0 aliphatic carbocycles. The SMILES string of the molecule is CCCNC(CCCOCC(C)C)C(C)(C)C. The van der Waals surface area contributed by atoms with Gasteiger partial charge in [0.25, 0.3) is 0 Å². The molecule has 1 atom stereocenters. The third kappa shape index (κ3) is 9.61. The Morgan fingerprint density at radius 3 is 2.29 bits per heavy atom. The molecule has 0 aromatic carbocycles. The molecule has 0 rings (SSSR count). The van der Waals surface area contributed by atoms with Gasteiger partial charge in [-0.2, -0.15) is 0 Å². The fourth-order valence-electron chi connectivity index (χ4n) is 1.87. The van der Waals surface area contributed by atoms with E-state index in [4.69, 9.17) is 4.74 Å². The van der Waals surface area contributed by atoms with E-state index in [1.807, 2.05) is 0 Å². The van der Waals surface area contributed by atoms with Crippen LogP contribution in [0.25, 0.3) is 0 Å². The molecule has 0 aliphatic rings. The second-order valence-corrected chi connectivity index (χ2v) is 6.48. The minimum atomic E-state index is 0.340. The topological polar surface area (TPSA) is 21.3 Å². The van der Waals surface area contributed by atoms with E-state index in [1.54, 1.807) is 0 Å². The molecule has 104 valence electrons. The van der Waals surface area contributed by atoms with Gasteiger partial charge in [0.15, 0.2) is 0 Å². The van der Waals surface area contributed by atoms with Crippen molar-refractivity contribution in [3.63, 3.8) is 0 Å². The van der Waals surface area contributed by atoms with Crippen LogP contribution in [0.2, 0.25) is 0 Å². The van der Waals surface area contributed by atoms with E-state index in [9.17, 15) is 0 Å². The summed E-state index contributed by atoms with van der Waals surface area (Å²) >= 11 is 0. The van der Waals surface area contributed by atoms with Gasteiger partial charge in [0.1, 0.15) is 0 Å². The molecule has 0 aromatic rings. The van der Waals surface area contributed by atoms with Gasteiger partial charge in [0.05, 0.1) is 0 Å². The Balaban J connectivity index is 3.76. The molecule has 0 bridgehead atoms. The molecule has 0 heterocycles. The van der Waals surface area contributed by atoms with Crippen molar-refractivity contribution in [2.75, 3.05) is 19.8 Å². The summed E-state index contributed by atoms with van der Waals surface area (Å²) in [5.41, 5.74) is 0.340. The predicted molar refractivity (Wildman–Crippen MR) is 76.4 cm³/mol. The monoisotopic (exact) mass is 243 g/mol. The van der Waals surface area contributed by atoms with Crippen LogP contribution >= 0.6 is 0 Å². The van der Waals surface area contributed by atoms with Crippen LogP contribution in [-0.4, -0.2) is 25.8 Å². The zero-order chi connectivity index (χ0) is 13.3. The second-order valence-electron chi connectivity index (χ2n) is 6.48. The summed E-state index contributed by atoms with van der Waals surface area (Å²) in [6.45, 7) is 16.5. The molecule has 0 saturated carbocycles.